The van der Waals surface area contributed by atoms with Gasteiger partial charge in [0.25, 0.3) is 0 Å². The Morgan fingerprint density at radius 2 is 0.768 bits per heavy atom. The molecule has 0 amide bonds. The molecule has 4 aliphatic heterocycles. The number of hydrogen-bond donors (Lipinski definition) is 3. The number of fused-ring (bicyclic) bond motifs is 4. The highest BCUT2D eigenvalue weighted by atomic mass is 16.5. The summed E-state index contributed by atoms with van der Waals surface area (Å²) in [5.41, 5.74) is 21.1. The monoisotopic (exact) mass is 1860 g/mol. The van der Waals surface area contributed by atoms with Gasteiger partial charge in [0.05, 0.1) is 163 Å². The number of ketones is 5. The van der Waals surface area contributed by atoms with Gasteiger partial charge in [-0.3, -0.25) is 73.1 Å². The van der Waals surface area contributed by atoms with Crippen LogP contribution < -0.4 is 0 Å². The fraction of sp³-hybridized carbons (Fsp3) is 0.409. The number of piperidine rings is 4. The molecule has 16 rings (SSSR count). The van der Waals surface area contributed by atoms with Crippen molar-refractivity contribution in [1.29, 1.82) is 0 Å². The van der Waals surface area contributed by atoms with Crippen molar-refractivity contribution in [3.63, 3.8) is 0 Å². The molecule has 0 radical (unpaired) electrons. The van der Waals surface area contributed by atoms with Crippen molar-refractivity contribution in [1.82, 2.24) is 57.8 Å². The predicted molar refractivity (Wildman–Crippen MR) is 536 cm³/mol. The third-order valence-corrected chi connectivity index (χ3v) is 26.4. The van der Waals surface area contributed by atoms with E-state index in [0.717, 1.165) is 155 Å². The van der Waals surface area contributed by atoms with E-state index in [4.69, 9.17) is 57.1 Å². The molecular formula is C110H122N16O12. The van der Waals surface area contributed by atoms with Crippen LogP contribution in [0, 0.1) is 73.3 Å². The molecule has 28 nitrogen and oxygen atoms in total. The molecule has 4 aromatic carbocycles. The van der Waals surface area contributed by atoms with Gasteiger partial charge in [-0.15, -0.1) is 12.3 Å². The summed E-state index contributed by atoms with van der Waals surface area (Å²) < 4.78 is 18.4. The van der Waals surface area contributed by atoms with E-state index in [1.165, 1.54) is 12.8 Å². The maximum absolute atomic E-state index is 13.6. The van der Waals surface area contributed by atoms with E-state index in [-0.39, 0.29) is 91.3 Å². The van der Waals surface area contributed by atoms with Gasteiger partial charge in [-0.05, 0) is 246 Å². The third kappa shape index (κ3) is 24.6. The Bertz CT molecular complexity index is 6450. The van der Waals surface area contributed by atoms with Crippen molar-refractivity contribution in [3.8, 4) is 35.1 Å². The molecule has 3 N–H and O–H groups in total. The second kappa shape index (κ2) is 47.8. The first-order valence-electron chi connectivity index (χ1n) is 47.9. The summed E-state index contributed by atoms with van der Waals surface area (Å²) in [6.45, 7) is 54.1. The lowest BCUT2D eigenvalue weighted by molar-refractivity contribution is -0.144. The maximum atomic E-state index is 13.6. The SMILES string of the molecule is [C-]#[N+]c1ccc(-n2c(C)c(C(=O)CN3CCC(O)CC3)c3ncc(CCC(=O)CCCCC#C)cc32)cc1.[C-]#[N+]c1ccc(-n2c(C)c(C(=O)CN3CCCCC3)c3ncc([C@@H](C)CC(=O)OCC)cc32)cc1.[C-]#[N+]c1ccc(-n2c(C)c(C(=O)CN3CCCCC3)c3ncc([C@H](C)CC(=O)OCC)cc32)cc1.[C-]#[N+]c1ccc(-n2c(C)c(C(=O)CN3CC[C@@H](O)[C@@H](O)C3)c3ncc(C)cc32)cc1. The van der Waals surface area contributed by atoms with Gasteiger partial charge in [-0.1, -0.05) is 75.2 Å². The fourth-order valence-electron chi connectivity index (χ4n) is 19.0. The lowest BCUT2D eigenvalue weighted by Gasteiger charge is -2.32. The van der Waals surface area contributed by atoms with Crippen molar-refractivity contribution in [2.75, 3.05) is 91.8 Å². The molecule has 0 aliphatic carbocycles. The zero-order chi connectivity index (χ0) is 98.4. The van der Waals surface area contributed by atoms with Crippen LogP contribution in [-0.4, -0.2) is 224 Å². The quantitative estimate of drug-likeness (QED) is 0.0120. The highest BCUT2D eigenvalue weighted by Crippen LogP contribution is 2.38. The first-order valence-corrected chi connectivity index (χ1v) is 47.9. The molecule has 0 unspecified atom stereocenters. The highest BCUT2D eigenvalue weighted by Gasteiger charge is 2.34. The Kier molecular flexibility index (Phi) is 35.2. The lowest BCUT2D eigenvalue weighted by atomic mass is 9.99. The van der Waals surface area contributed by atoms with Crippen LogP contribution in [0.5, 0.6) is 0 Å². The Hall–Kier alpha value is -13.8. The lowest BCUT2D eigenvalue weighted by Crippen LogP contribution is -2.48. The molecule has 714 valence electrons. The number of β-amino-alcohol motifs (C(OH)–C–C–N with tert-alkyl or cyclic N) is 1. The zero-order valence-corrected chi connectivity index (χ0v) is 80.4. The molecule has 4 aliphatic rings. The number of benzene rings is 4. The van der Waals surface area contributed by atoms with Crippen LogP contribution in [0.25, 0.3) is 86.3 Å². The topological polar surface area (TPSA) is 300 Å². The molecular weight excluding hydrogens is 1740 g/mol. The number of hydrogen-bond acceptors (Lipinski definition) is 20. The number of aliphatic hydroxyl groups is 3. The van der Waals surface area contributed by atoms with Crippen LogP contribution in [0.3, 0.4) is 0 Å². The Morgan fingerprint density at radius 1 is 0.428 bits per heavy atom. The largest absolute Gasteiger partial charge is 0.466 e. The van der Waals surface area contributed by atoms with Crippen LogP contribution in [-0.2, 0) is 30.3 Å². The molecule has 8 aromatic heterocycles. The van der Waals surface area contributed by atoms with E-state index >= 15 is 0 Å². The van der Waals surface area contributed by atoms with Crippen molar-refractivity contribution in [2.24, 2.45) is 0 Å². The number of esters is 2. The average molecular weight is 1860 g/mol. The van der Waals surface area contributed by atoms with E-state index in [1.807, 2.05) is 144 Å². The molecule has 12 heterocycles. The number of carbonyl (C=O) groups is 7. The standard InChI is InChI=1S/C31H34N4O3.2C28H32N4O3.C23H24N4O3/c1-4-5-6-7-8-26(36)14-9-23-19-28-31(33-20-23)30(29(38)21-34-17-15-27(37)16-18-34)22(2)35(28)25-12-10-24(32-3)11-13-25;2*1-5-35-26(34)15-19(2)21-16-24-28(30-17-21)27(25(33)18-31-13-7-6-8-14-31)20(3)32(24)23-11-9-22(29-4)10-12-23;1-14-10-18-23(25-11-14)22(21(30)13-26-9-8-19(28)20(29)12-26)15(2)27(18)17-6-4-16(24-3)5-7-17/h1,10-13,19-20,27,37H,5-9,14-18,21H2,2H3;2*9-12,16-17,19H,5-8,13-15,18H2,1-3H3;4-7,10-11,19-20,28-29H,8-9,12-13H2,1-2H3/t;2*19-;19-,20+/m.101/s1. The first-order chi connectivity index (χ1) is 66.6. The van der Waals surface area contributed by atoms with Gasteiger partial charge in [0.15, 0.2) is 45.9 Å². The van der Waals surface area contributed by atoms with Crippen LogP contribution in [0.2, 0.25) is 0 Å². The molecule has 4 atom stereocenters. The Balaban J connectivity index is 0.000000156. The fourth-order valence-corrected chi connectivity index (χ4v) is 19.0. The first kappa shape index (κ1) is 102. The number of aryl methyl sites for hydroxylation is 2. The van der Waals surface area contributed by atoms with Crippen LogP contribution >= 0.6 is 0 Å². The van der Waals surface area contributed by atoms with Crippen molar-refractivity contribution in [2.45, 2.75) is 202 Å². The predicted octanol–water partition coefficient (Wildman–Crippen LogP) is 19.2. The number of terminal acetylenes is 1. The number of likely N-dealkylation sites (tertiary alicyclic amines) is 4. The minimum absolute atomic E-state index is 0.00261. The molecule has 0 saturated carbocycles. The summed E-state index contributed by atoms with van der Waals surface area (Å²) >= 11 is 0. The number of aliphatic hydroxyl groups excluding tert-OH is 3. The summed E-state index contributed by atoms with van der Waals surface area (Å²) in [6.07, 6.45) is 23.7. The molecule has 4 saturated heterocycles. The maximum Gasteiger partial charge on any atom is 0.306 e. The zero-order valence-electron chi connectivity index (χ0n) is 80.4. The van der Waals surface area contributed by atoms with Gasteiger partial charge < -0.3 is 43.1 Å². The minimum atomic E-state index is -0.837. The van der Waals surface area contributed by atoms with E-state index in [2.05, 4.69) is 45.0 Å². The van der Waals surface area contributed by atoms with Crippen LogP contribution in [0.15, 0.2) is 146 Å². The molecule has 12 aromatic rings. The number of unbranched alkanes of at least 4 members (excludes halogenated alkanes) is 2. The number of pyridine rings is 4. The molecule has 4 fully saturated rings. The van der Waals surface area contributed by atoms with Gasteiger partial charge >= 0.3 is 11.9 Å². The van der Waals surface area contributed by atoms with Gasteiger partial charge in [0.1, 0.15) is 5.78 Å². The number of rotatable bonds is 31. The summed E-state index contributed by atoms with van der Waals surface area (Å²) in [4.78, 5) is 132. The summed E-state index contributed by atoms with van der Waals surface area (Å²) in [6, 6.07) is 37.4. The molecule has 0 spiro atoms. The number of carbonyl (C=O) groups excluding carboxylic acids is 7. The molecule has 0 bridgehead atoms. The number of Topliss-reactive ketones (excluding diaryl/α,β-unsaturated/α-hetero) is 5. The van der Waals surface area contributed by atoms with Crippen molar-refractivity contribution >= 4 is 108 Å². The minimum Gasteiger partial charge on any atom is -0.466 e. The van der Waals surface area contributed by atoms with Gasteiger partial charge in [-0.25, -0.2) is 19.4 Å². The van der Waals surface area contributed by atoms with E-state index in [9.17, 15) is 48.9 Å². The highest BCUT2D eigenvalue weighted by molar-refractivity contribution is 6.12. The normalized spacial score (nSPS) is 15.8. The van der Waals surface area contributed by atoms with Crippen LogP contribution in [0.1, 0.15) is 229 Å². The second-order valence-electron chi connectivity index (χ2n) is 36.4. The van der Waals surface area contributed by atoms with Gasteiger partial charge in [0.2, 0.25) is 0 Å². The van der Waals surface area contributed by atoms with E-state index < -0.39 is 12.2 Å². The smallest absolute Gasteiger partial charge is 0.306 e. The number of nitrogens with zero attached hydrogens (tertiary/aromatic N) is 16. The van der Waals surface area contributed by atoms with Gasteiger partial charge in [0, 0.05) is 116 Å². The average Bonchev–Trinajstić information content (AvgIpc) is 1.63. The van der Waals surface area contributed by atoms with Gasteiger partial charge in [-0.2, -0.15) is 0 Å². The second-order valence-corrected chi connectivity index (χ2v) is 36.4. The number of aromatic nitrogens is 8. The summed E-state index contributed by atoms with van der Waals surface area (Å²) in [5.74, 6) is 2.28. The van der Waals surface area contributed by atoms with E-state index in [0.29, 0.717) is 158 Å². The third-order valence-electron chi connectivity index (χ3n) is 26.4. The molecule has 28 heteroatoms. The van der Waals surface area contributed by atoms with Crippen molar-refractivity contribution < 1.29 is 58.4 Å². The molecule has 138 heavy (non-hydrogen) atoms. The van der Waals surface area contributed by atoms with Crippen molar-refractivity contribution in [3.05, 3.63) is 259 Å². The van der Waals surface area contributed by atoms with Crippen LogP contribution in [0.4, 0.5) is 22.7 Å². The summed E-state index contributed by atoms with van der Waals surface area (Å²) in [7, 11) is 0. The Morgan fingerprint density at radius 3 is 1.13 bits per heavy atom. The Labute approximate surface area is 806 Å². The summed E-state index contributed by atoms with van der Waals surface area (Å²) in [5, 5.41) is 29.5. The van der Waals surface area contributed by atoms with E-state index in [1.54, 1.807) is 87.2 Å². The number of ether oxygens (including phenoxy) is 2.